The Bertz CT molecular complexity index is 1350. The molecule has 3 aliphatic rings. The predicted molar refractivity (Wildman–Crippen MR) is 150 cm³/mol. The number of carbonyl (C=O) groups excluding carboxylic acids is 1. The molecule has 6 rings (SSSR count). The molecule has 1 aliphatic carbocycles. The third-order valence-electron chi connectivity index (χ3n) is 8.45. The fourth-order valence-corrected chi connectivity index (χ4v) is 6.32. The van der Waals surface area contributed by atoms with Crippen LogP contribution in [-0.4, -0.2) is 69.1 Å². The van der Waals surface area contributed by atoms with Crippen LogP contribution in [0.5, 0.6) is 0 Å². The summed E-state index contributed by atoms with van der Waals surface area (Å²) in [5.74, 6) is 4.09. The second-order valence-corrected chi connectivity index (χ2v) is 10.8. The third-order valence-corrected chi connectivity index (χ3v) is 8.45. The van der Waals surface area contributed by atoms with Gasteiger partial charge in [-0.05, 0) is 44.0 Å². The lowest BCUT2D eigenvalue weighted by Gasteiger charge is -2.42. The van der Waals surface area contributed by atoms with Crippen molar-refractivity contribution in [1.29, 1.82) is 0 Å². The molecule has 1 saturated heterocycles. The van der Waals surface area contributed by atoms with Crippen molar-refractivity contribution in [2.45, 2.75) is 63.5 Å². The van der Waals surface area contributed by atoms with Crippen LogP contribution in [0.4, 0.5) is 17.5 Å². The highest BCUT2D eigenvalue weighted by Gasteiger charge is 2.41. The van der Waals surface area contributed by atoms with E-state index in [-0.39, 0.29) is 17.5 Å². The van der Waals surface area contributed by atoms with Crippen molar-refractivity contribution in [3.8, 4) is 12.3 Å². The van der Waals surface area contributed by atoms with E-state index in [1.54, 1.807) is 6.20 Å². The van der Waals surface area contributed by atoms with E-state index in [4.69, 9.17) is 11.4 Å². The number of amides is 1. The Morgan fingerprint density at radius 3 is 2.82 bits per heavy atom. The van der Waals surface area contributed by atoms with E-state index in [9.17, 15) is 4.79 Å². The second-order valence-electron chi connectivity index (χ2n) is 10.8. The van der Waals surface area contributed by atoms with E-state index < -0.39 is 0 Å². The standard InChI is InChI=1S/C29H36N8O/c1-3-5-13-35-14-15-36(19-22(35)4-2)23-9-10-25(30-18-23)33-28-31-17-21-16-24-27(38)32-20-29(11-7-6-8-12-29)37(24)26(21)34-28/h2,9-10,16-18,22H,3,5-8,11-15,19-20H2,1H3,(H,32,38)(H,30,31,33,34)/t22-/m0/s1. The van der Waals surface area contributed by atoms with Crippen molar-refractivity contribution in [1.82, 2.24) is 29.7 Å². The molecule has 3 aromatic heterocycles. The lowest BCUT2D eigenvalue weighted by atomic mass is 9.80. The van der Waals surface area contributed by atoms with Gasteiger partial charge in [0, 0.05) is 37.8 Å². The number of hydrogen-bond donors (Lipinski definition) is 2. The van der Waals surface area contributed by atoms with Crippen LogP contribution in [-0.2, 0) is 5.54 Å². The Labute approximate surface area is 224 Å². The highest BCUT2D eigenvalue weighted by Crippen LogP contribution is 2.40. The zero-order chi connectivity index (χ0) is 26.1. The number of rotatable bonds is 6. The minimum Gasteiger partial charge on any atom is -0.366 e. The van der Waals surface area contributed by atoms with E-state index >= 15 is 0 Å². The average molecular weight is 513 g/mol. The fraction of sp³-hybridized carbons (Fsp3) is 0.517. The predicted octanol–water partition coefficient (Wildman–Crippen LogP) is 3.90. The molecule has 0 bridgehead atoms. The number of piperazine rings is 1. The van der Waals surface area contributed by atoms with Crippen molar-refractivity contribution >= 4 is 34.4 Å². The quantitative estimate of drug-likeness (QED) is 0.484. The van der Waals surface area contributed by atoms with Crippen LogP contribution >= 0.6 is 0 Å². The summed E-state index contributed by atoms with van der Waals surface area (Å²) in [7, 11) is 0. The van der Waals surface area contributed by atoms with Gasteiger partial charge in [0.1, 0.15) is 17.2 Å². The maximum Gasteiger partial charge on any atom is 0.268 e. The SMILES string of the molecule is C#C[C@H]1CN(c2ccc(Nc3ncc4cc5n(c4n3)C3(CCCCC3)CNC5=O)nc2)CCN1CCCC. The number of nitrogens with zero attached hydrogens (tertiary/aromatic N) is 6. The van der Waals surface area contributed by atoms with Gasteiger partial charge >= 0.3 is 0 Å². The maximum atomic E-state index is 12.7. The van der Waals surface area contributed by atoms with Crippen LogP contribution in [0, 0.1) is 12.3 Å². The van der Waals surface area contributed by atoms with Crippen LogP contribution in [0.3, 0.4) is 0 Å². The Kier molecular flexibility index (Phi) is 6.66. The molecule has 2 N–H and O–H groups in total. The monoisotopic (exact) mass is 512 g/mol. The summed E-state index contributed by atoms with van der Waals surface area (Å²) in [6.45, 7) is 6.63. The summed E-state index contributed by atoms with van der Waals surface area (Å²) in [5, 5.41) is 7.27. The lowest BCUT2D eigenvalue weighted by Crippen LogP contribution is -2.52. The zero-order valence-corrected chi connectivity index (χ0v) is 22.1. The number of nitrogens with one attached hydrogen (secondary N) is 2. The molecule has 1 saturated carbocycles. The first-order valence-electron chi connectivity index (χ1n) is 14.0. The molecule has 9 heteroatoms. The number of unbranched alkanes of at least 4 members (excludes halogenated alkanes) is 1. The molecule has 5 heterocycles. The summed E-state index contributed by atoms with van der Waals surface area (Å²) in [6.07, 6.45) is 17.6. The van der Waals surface area contributed by atoms with E-state index in [1.165, 1.54) is 19.3 Å². The smallest absolute Gasteiger partial charge is 0.268 e. The number of fused-ring (bicyclic) bond motifs is 4. The molecule has 0 aromatic carbocycles. The first-order valence-corrected chi connectivity index (χ1v) is 14.0. The summed E-state index contributed by atoms with van der Waals surface area (Å²) >= 11 is 0. The van der Waals surface area contributed by atoms with Crippen LogP contribution in [0.1, 0.15) is 62.4 Å². The summed E-state index contributed by atoms with van der Waals surface area (Å²) < 4.78 is 2.19. The molecule has 0 radical (unpaired) electrons. The van der Waals surface area contributed by atoms with Crippen molar-refractivity contribution < 1.29 is 4.79 Å². The Hall–Kier alpha value is -3.64. The first-order chi connectivity index (χ1) is 18.6. The minimum atomic E-state index is -0.106. The van der Waals surface area contributed by atoms with Crippen LogP contribution in [0.25, 0.3) is 11.0 Å². The van der Waals surface area contributed by atoms with Gasteiger partial charge in [0.05, 0.1) is 23.5 Å². The van der Waals surface area contributed by atoms with Crippen molar-refractivity contribution in [2.75, 3.05) is 42.9 Å². The summed E-state index contributed by atoms with van der Waals surface area (Å²) in [6, 6.07) is 6.07. The lowest BCUT2D eigenvalue weighted by molar-refractivity contribution is 0.0833. The van der Waals surface area contributed by atoms with Crippen molar-refractivity contribution in [2.24, 2.45) is 0 Å². The van der Waals surface area contributed by atoms with E-state index in [0.29, 0.717) is 24.0 Å². The zero-order valence-electron chi connectivity index (χ0n) is 22.1. The van der Waals surface area contributed by atoms with Crippen LogP contribution < -0.4 is 15.5 Å². The topological polar surface area (TPSA) is 91.2 Å². The largest absolute Gasteiger partial charge is 0.366 e. The molecule has 2 fully saturated rings. The number of hydrogen-bond acceptors (Lipinski definition) is 7. The molecular formula is C29H36N8O. The Morgan fingerprint density at radius 1 is 1.18 bits per heavy atom. The molecule has 2 aliphatic heterocycles. The van der Waals surface area contributed by atoms with Gasteiger partial charge in [-0.2, -0.15) is 4.98 Å². The van der Waals surface area contributed by atoms with Crippen LogP contribution in [0.15, 0.2) is 30.6 Å². The molecule has 1 amide bonds. The first kappa shape index (κ1) is 24.7. The van der Waals surface area contributed by atoms with Gasteiger partial charge in [-0.25, -0.2) is 9.97 Å². The molecule has 198 valence electrons. The number of pyridine rings is 1. The molecular weight excluding hydrogens is 476 g/mol. The van der Waals surface area contributed by atoms with Gasteiger partial charge in [-0.1, -0.05) is 38.5 Å². The second kappa shape index (κ2) is 10.3. The summed E-state index contributed by atoms with van der Waals surface area (Å²) in [5.41, 5.74) is 2.45. The van der Waals surface area contributed by atoms with E-state index in [1.807, 2.05) is 18.3 Å². The molecule has 3 aromatic rings. The fourth-order valence-electron chi connectivity index (χ4n) is 6.32. The Balaban J connectivity index is 1.20. The molecule has 1 atom stereocenters. The van der Waals surface area contributed by atoms with Crippen molar-refractivity contribution in [3.05, 3.63) is 36.3 Å². The third kappa shape index (κ3) is 4.47. The molecule has 1 spiro atoms. The summed E-state index contributed by atoms with van der Waals surface area (Å²) in [4.78, 5) is 31.5. The van der Waals surface area contributed by atoms with Crippen molar-refractivity contribution in [3.63, 3.8) is 0 Å². The molecule has 0 unspecified atom stereocenters. The van der Waals surface area contributed by atoms with Gasteiger partial charge in [0.15, 0.2) is 0 Å². The number of terminal acetylenes is 1. The number of aromatic nitrogens is 4. The highest BCUT2D eigenvalue weighted by atomic mass is 16.2. The average Bonchev–Trinajstić information content (AvgIpc) is 3.36. The van der Waals surface area contributed by atoms with Gasteiger partial charge in [0.2, 0.25) is 5.95 Å². The van der Waals surface area contributed by atoms with Gasteiger partial charge in [-0.15, -0.1) is 6.42 Å². The van der Waals surface area contributed by atoms with Gasteiger partial charge in [0.25, 0.3) is 5.91 Å². The van der Waals surface area contributed by atoms with Gasteiger partial charge in [-0.3, -0.25) is 9.69 Å². The highest BCUT2D eigenvalue weighted by molar-refractivity contribution is 5.99. The maximum absolute atomic E-state index is 12.7. The van der Waals surface area contributed by atoms with E-state index in [2.05, 4.69) is 53.9 Å². The number of carbonyl (C=O) groups is 1. The molecule has 38 heavy (non-hydrogen) atoms. The molecule has 9 nitrogen and oxygen atoms in total. The van der Waals surface area contributed by atoms with Gasteiger partial charge < -0.3 is 20.1 Å². The van der Waals surface area contributed by atoms with E-state index in [0.717, 1.165) is 68.6 Å². The Morgan fingerprint density at radius 2 is 2.05 bits per heavy atom. The number of anilines is 3. The normalized spacial score (nSPS) is 21.2. The van der Waals surface area contributed by atoms with Crippen LogP contribution in [0.2, 0.25) is 0 Å². The minimum absolute atomic E-state index is 0.0377.